The molecule has 4 N–H and O–H groups in total. The number of hydrogen-bond acceptors (Lipinski definition) is 5. The quantitative estimate of drug-likeness (QED) is 0.674. The van der Waals surface area contributed by atoms with Gasteiger partial charge in [-0.25, -0.2) is 9.97 Å². The Labute approximate surface area is 141 Å². The maximum absolute atomic E-state index is 6.20. The highest BCUT2D eigenvalue weighted by Gasteiger charge is 2.15. The molecule has 0 radical (unpaired) electrons. The van der Waals surface area contributed by atoms with Crippen LogP contribution in [0, 0.1) is 0 Å². The molecule has 4 rings (SSSR count). The number of aromatic nitrogens is 2. The number of hydrogen-bond donors (Lipinski definition) is 2. The lowest BCUT2D eigenvalue weighted by molar-refractivity contribution is 0.332. The minimum absolute atomic E-state index is 0.273. The van der Waals surface area contributed by atoms with E-state index in [1.807, 2.05) is 18.2 Å². The number of anilines is 2. The van der Waals surface area contributed by atoms with Crippen LogP contribution in [0.15, 0.2) is 36.4 Å². The Morgan fingerprint density at radius 2 is 1.92 bits per heavy atom. The van der Waals surface area contributed by atoms with Gasteiger partial charge in [0.1, 0.15) is 0 Å². The van der Waals surface area contributed by atoms with Crippen molar-refractivity contribution in [2.45, 2.75) is 19.4 Å². The van der Waals surface area contributed by atoms with Gasteiger partial charge in [0.2, 0.25) is 5.95 Å². The fourth-order valence-corrected chi connectivity index (χ4v) is 3.51. The largest absolute Gasteiger partial charge is 0.398 e. The minimum atomic E-state index is 0.273. The van der Waals surface area contributed by atoms with E-state index in [0.29, 0.717) is 5.69 Å². The predicted molar refractivity (Wildman–Crippen MR) is 98.5 cm³/mol. The Morgan fingerprint density at radius 3 is 2.79 bits per heavy atom. The smallest absolute Gasteiger partial charge is 0.221 e. The maximum atomic E-state index is 6.20. The molecule has 24 heavy (non-hydrogen) atoms. The molecule has 5 nitrogen and oxygen atoms in total. The molecule has 122 valence electrons. The number of aryl methyl sites for hydroxylation is 1. The molecule has 0 fully saturated rings. The van der Waals surface area contributed by atoms with Crippen LogP contribution in [0.1, 0.15) is 17.5 Å². The second-order valence-corrected chi connectivity index (χ2v) is 6.50. The monoisotopic (exact) mass is 319 g/mol. The van der Waals surface area contributed by atoms with E-state index in [4.69, 9.17) is 11.5 Å². The average Bonchev–Trinajstić information content (AvgIpc) is 2.73. The van der Waals surface area contributed by atoms with Crippen LogP contribution in [-0.2, 0) is 13.0 Å². The first kappa shape index (κ1) is 14.9. The number of nitrogens with zero attached hydrogens (tertiary/aromatic N) is 3. The van der Waals surface area contributed by atoms with Crippen LogP contribution in [0.2, 0.25) is 0 Å². The molecule has 0 saturated heterocycles. The van der Waals surface area contributed by atoms with Gasteiger partial charge in [0, 0.05) is 23.2 Å². The van der Waals surface area contributed by atoms with Crippen molar-refractivity contribution in [1.82, 2.24) is 14.9 Å². The normalized spacial score (nSPS) is 15.2. The van der Waals surface area contributed by atoms with Crippen molar-refractivity contribution in [1.29, 1.82) is 0 Å². The maximum Gasteiger partial charge on any atom is 0.221 e. The summed E-state index contributed by atoms with van der Waals surface area (Å²) in [6, 6.07) is 12.3. The first-order chi connectivity index (χ1) is 11.6. The van der Waals surface area contributed by atoms with E-state index in [9.17, 15) is 0 Å². The summed E-state index contributed by atoms with van der Waals surface area (Å²) in [6.45, 7) is 2.08. The number of nitrogens with two attached hydrogens (primary N) is 2. The Bertz CT molecular complexity index is 919. The predicted octanol–water partition coefficient (Wildman–Crippen LogP) is 2.84. The lowest BCUT2D eigenvalue weighted by Gasteiger charge is -2.15. The standard InChI is InChI=1S/C19H21N5/c1-24-9-3-4-12-7-8-13(10-14(12)11-24)18-17-15(20)5-2-6-16(17)22-19(21)23-18/h2,5-8,10H,3-4,9,11,20H2,1H3,(H2,21,22,23). The highest BCUT2D eigenvalue weighted by molar-refractivity contribution is 6.01. The molecule has 1 aliphatic rings. The van der Waals surface area contributed by atoms with Gasteiger partial charge in [-0.15, -0.1) is 0 Å². The first-order valence-electron chi connectivity index (χ1n) is 8.24. The van der Waals surface area contributed by atoms with E-state index in [-0.39, 0.29) is 5.95 Å². The highest BCUT2D eigenvalue weighted by Crippen LogP contribution is 2.32. The number of nitrogen functional groups attached to an aromatic ring is 2. The van der Waals surface area contributed by atoms with Crippen molar-refractivity contribution in [3.05, 3.63) is 47.5 Å². The van der Waals surface area contributed by atoms with Gasteiger partial charge in [0.05, 0.1) is 11.2 Å². The molecule has 0 bridgehead atoms. The molecule has 5 heteroatoms. The molecule has 2 aromatic carbocycles. The minimum Gasteiger partial charge on any atom is -0.398 e. The third-order valence-corrected chi connectivity index (χ3v) is 4.68. The SMILES string of the molecule is CN1CCCc2ccc(-c3nc(N)nc4cccc(N)c34)cc2C1. The fourth-order valence-electron chi connectivity index (χ4n) is 3.51. The summed E-state index contributed by atoms with van der Waals surface area (Å²) in [5, 5.41) is 0.869. The molecule has 0 atom stereocenters. The molecule has 0 saturated carbocycles. The summed E-state index contributed by atoms with van der Waals surface area (Å²) in [7, 11) is 2.16. The van der Waals surface area contributed by atoms with Crippen molar-refractivity contribution >= 4 is 22.5 Å². The molecular formula is C19H21N5. The van der Waals surface area contributed by atoms with E-state index in [1.165, 1.54) is 17.5 Å². The van der Waals surface area contributed by atoms with Gasteiger partial charge in [0.15, 0.2) is 0 Å². The van der Waals surface area contributed by atoms with Crippen LogP contribution in [-0.4, -0.2) is 28.5 Å². The van der Waals surface area contributed by atoms with Crippen LogP contribution in [0.25, 0.3) is 22.2 Å². The van der Waals surface area contributed by atoms with Crippen molar-refractivity contribution in [3.8, 4) is 11.3 Å². The van der Waals surface area contributed by atoms with Gasteiger partial charge in [-0.3, -0.25) is 0 Å². The van der Waals surface area contributed by atoms with Crippen LogP contribution in [0.4, 0.5) is 11.6 Å². The van der Waals surface area contributed by atoms with E-state index >= 15 is 0 Å². The Kier molecular flexibility index (Phi) is 3.58. The third-order valence-electron chi connectivity index (χ3n) is 4.68. The van der Waals surface area contributed by atoms with E-state index in [2.05, 4.69) is 40.1 Å². The third kappa shape index (κ3) is 2.57. The van der Waals surface area contributed by atoms with Gasteiger partial charge < -0.3 is 16.4 Å². The van der Waals surface area contributed by atoms with Crippen molar-refractivity contribution in [2.24, 2.45) is 0 Å². The van der Waals surface area contributed by atoms with Crippen LogP contribution >= 0.6 is 0 Å². The Balaban J connectivity index is 1.92. The summed E-state index contributed by atoms with van der Waals surface area (Å²) in [5.74, 6) is 0.273. The van der Waals surface area contributed by atoms with Gasteiger partial charge >= 0.3 is 0 Å². The lowest BCUT2D eigenvalue weighted by Crippen LogP contribution is -2.17. The molecule has 0 spiro atoms. The van der Waals surface area contributed by atoms with Crippen molar-refractivity contribution < 1.29 is 0 Å². The van der Waals surface area contributed by atoms with Gasteiger partial charge in [0.25, 0.3) is 0 Å². The number of benzene rings is 2. The zero-order valence-electron chi connectivity index (χ0n) is 13.8. The molecule has 0 unspecified atom stereocenters. The zero-order chi connectivity index (χ0) is 16.7. The lowest BCUT2D eigenvalue weighted by atomic mass is 9.98. The summed E-state index contributed by atoms with van der Waals surface area (Å²) in [5.41, 5.74) is 18.2. The topological polar surface area (TPSA) is 81.1 Å². The van der Waals surface area contributed by atoms with E-state index in [1.54, 1.807) is 0 Å². The molecule has 1 aromatic heterocycles. The summed E-state index contributed by atoms with van der Waals surface area (Å²) < 4.78 is 0. The van der Waals surface area contributed by atoms with Crippen LogP contribution in [0.3, 0.4) is 0 Å². The van der Waals surface area contributed by atoms with E-state index < -0.39 is 0 Å². The second kappa shape index (κ2) is 5.76. The molecule has 1 aliphatic heterocycles. The summed E-state index contributed by atoms with van der Waals surface area (Å²) in [4.78, 5) is 11.2. The second-order valence-electron chi connectivity index (χ2n) is 6.50. The average molecular weight is 319 g/mol. The zero-order valence-corrected chi connectivity index (χ0v) is 13.8. The fraction of sp³-hybridized carbons (Fsp3) is 0.263. The Morgan fingerprint density at radius 1 is 1.04 bits per heavy atom. The van der Waals surface area contributed by atoms with Crippen LogP contribution < -0.4 is 11.5 Å². The first-order valence-corrected chi connectivity index (χ1v) is 8.24. The molecule has 0 aliphatic carbocycles. The van der Waals surface area contributed by atoms with Crippen LogP contribution in [0.5, 0.6) is 0 Å². The van der Waals surface area contributed by atoms with E-state index in [0.717, 1.165) is 41.7 Å². The molecule has 0 amide bonds. The van der Waals surface area contributed by atoms with Crippen molar-refractivity contribution in [2.75, 3.05) is 25.1 Å². The number of fused-ring (bicyclic) bond motifs is 2. The highest BCUT2D eigenvalue weighted by atomic mass is 15.1. The van der Waals surface area contributed by atoms with Gasteiger partial charge in [-0.05, 0) is 55.8 Å². The molecular weight excluding hydrogens is 298 g/mol. The summed E-state index contributed by atoms with van der Waals surface area (Å²) >= 11 is 0. The van der Waals surface area contributed by atoms with Crippen molar-refractivity contribution in [3.63, 3.8) is 0 Å². The van der Waals surface area contributed by atoms with Gasteiger partial charge in [-0.1, -0.05) is 18.2 Å². The Hall–Kier alpha value is -2.66. The molecule has 2 heterocycles. The van der Waals surface area contributed by atoms with Gasteiger partial charge in [-0.2, -0.15) is 0 Å². The summed E-state index contributed by atoms with van der Waals surface area (Å²) in [6.07, 6.45) is 2.31. The molecule has 3 aromatic rings. The number of rotatable bonds is 1.